The summed E-state index contributed by atoms with van der Waals surface area (Å²) in [6.07, 6.45) is 3.33. The molecule has 162 valence electrons. The highest BCUT2D eigenvalue weighted by Crippen LogP contribution is 2.39. The van der Waals surface area contributed by atoms with Gasteiger partial charge in [-0.2, -0.15) is 5.10 Å². The first-order chi connectivity index (χ1) is 15.0. The van der Waals surface area contributed by atoms with Crippen LogP contribution < -0.4 is 24.8 Å². The molecule has 0 saturated heterocycles. The number of amides is 2. The number of ether oxygens (including phenoxy) is 3. The number of hydrogen-bond acceptors (Lipinski definition) is 6. The summed E-state index contributed by atoms with van der Waals surface area (Å²) >= 11 is 0. The maximum atomic E-state index is 12.7. The van der Waals surface area contributed by atoms with Gasteiger partial charge in [0.15, 0.2) is 11.5 Å². The lowest BCUT2D eigenvalue weighted by atomic mass is 10.1. The van der Waals surface area contributed by atoms with Crippen molar-refractivity contribution in [3.63, 3.8) is 0 Å². The Morgan fingerprint density at radius 3 is 2.48 bits per heavy atom. The number of nitrogens with zero attached hydrogens (tertiary/aromatic N) is 2. The first kappa shape index (κ1) is 21.7. The van der Waals surface area contributed by atoms with E-state index in [4.69, 9.17) is 14.2 Å². The molecule has 2 amide bonds. The van der Waals surface area contributed by atoms with E-state index >= 15 is 0 Å². The number of carbonyl (C=O) groups is 2. The minimum Gasteiger partial charge on any atom is -0.493 e. The molecule has 0 spiro atoms. The van der Waals surface area contributed by atoms with Gasteiger partial charge in [0.25, 0.3) is 5.91 Å². The maximum absolute atomic E-state index is 12.7. The molecule has 0 aliphatic carbocycles. The van der Waals surface area contributed by atoms with Crippen LogP contribution in [0.5, 0.6) is 17.2 Å². The van der Waals surface area contributed by atoms with Crippen LogP contribution in [0.15, 0.2) is 54.9 Å². The van der Waals surface area contributed by atoms with Gasteiger partial charge in [0, 0.05) is 24.6 Å². The van der Waals surface area contributed by atoms with Crippen LogP contribution in [0.4, 0.5) is 5.69 Å². The van der Waals surface area contributed by atoms with E-state index in [1.54, 1.807) is 42.7 Å². The first-order valence-corrected chi connectivity index (χ1v) is 9.49. The van der Waals surface area contributed by atoms with Crippen LogP contribution in [0.2, 0.25) is 0 Å². The van der Waals surface area contributed by atoms with Crippen molar-refractivity contribution in [3.05, 3.63) is 66.0 Å². The van der Waals surface area contributed by atoms with E-state index in [1.165, 1.54) is 26.0 Å². The highest BCUT2D eigenvalue weighted by molar-refractivity contribution is 5.98. The molecule has 0 aliphatic heterocycles. The van der Waals surface area contributed by atoms with Crippen molar-refractivity contribution in [2.24, 2.45) is 0 Å². The molecule has 0 fully saturated rings. The quantitative estimate of drug-likeness (QED) is 0.547. The first-order valence-electron chi connectivity index (χ1n) is 9.49. The molecule has 2 aromatic carbocycles. The van der Waals surface area contributed by atoms with Crippen LogP contribution in [0.25, 0.3) is 0 Å². The van der Waals surface area contributed by atoms with E-state index in [9.17, 15) is 9.59 Å². The van der Waals surface area contributed by atoms with Crippen molar-refractivity contribution in [1.82, 2.24) is 15.1 Å². The Bertz CT molecular complexity index is 1050. The third kappa shape index (κ3) is 5.33. The molecule has 2 N–H and O–H groups in total. The zero-order valence-corrected chi connectivity index (χ0v) is 17.5. The van der Waals surface area contributed by atoms with Crippen molar-refractivity contribution >= 4 is 17.5 Å². The Kier molecular flexibility index (Phi) is 7.10. The van der Waals surface area contributed by atoms with Gasteiger partial charge in [0.2, 0.25) is 11.7 Å². The average molecular weight is 424 g/mol. The third-order valence-corrected chi connectivity index (χ3v) is 4.48. The monoisotopic (exact) mass is 424 g/mol. The second kappa shape index (κ2) is 10.1. The molecule has 1 aromatic heterocycles. The summed E-state index contributed by atoms with van der Waals surface area (Å²) in [4.78, 5) is 24.9. The number of hydrogen-bond donors (Lipinski definition) is 2. The molecule has 9 heteroatoms. The van der Waals surface area contributed by atoms with Crippen molar-refractivity contribution < 1.29 is 23.8 Å². The largest absolute Gasteiger partial charge is 0.493 e. The fourth-order valence-electron chi connectivity index (χ4n) is 3.06. The summed E-state index contributed by atoms with van der Waals surface area (Å²) < 4.78 is 17.5. The number of rotatable bonds is 9. The Labute approximate surface area is 179 Å². The van der Waals surface area contributed by atoms with Crippen LogP contribution in [-0.4, -0.2) is 42.9 Å². The van der Waals surface area contributed by atoms with Crippen LogP contribution in [0.3, 0.4) is 0 Å². The van der Waals surface area contributed by atoms with E-state index in [2.05, 4.69) is 15.7 Å². The molecular weight excluding hydrogens is 400 g/mol. The van der Waals surface area contributed by atoms with E-state index in [0.29, 0.717) is 28.5 Å². The van der Waals surface area contributed by atoms with Crippen molar-refractivity contribution in [2.75, 3.05) is 26.6 Å². The molecule has 3 aromatic rings. The van der Waals surface area contributed by atoms with Gasteiger partial charge in [-0.05, 0) is 35.9 Å². The minimum absolute atomic E-state index is 0.118. The smallest absolute Gasteiger partial charge is 0.255 e. The van der Waals surface area contributed by atoms with Gasteiger partial charge in [0.05, 0.1) is 26.9 Å². The molecule has 0 atom stereocenters. The second-order valence-electron chi connectivity index (χ2n) is 6.52. The Balaban J connectivity index is 1.65. The zero-order valence-electron chi connectivity index (χ0n) is 17.5. The average Bonchev–Trinajstić information content (AvgIpc) is 3.29. The SMILES string of the molecule is COc1ccc(C(=O)NCc2cccc(NC(=O)Cn3cccn3)c2)c(OC)c1OC. The molecule has 1 heterocycles. The number of aromatic nitrogens is 2. The van der Waals surface area contributed by atoms with Gasteiger partial charge in [-0.1, -0.05) is 12.1 Å². The van der Waals surface area contributed by atoms with Gasteiger partial charge in [-0.25, -0.2) is 0 Å². The van der Waals surface area contributed by atoms with E-state index < -0.39 is 0 Å². The highest BCUT2D eigenvalue weighted by Gasteiger charge is 2.20. The number of benzene rings is 2. The highest BCUT2D eigenvalue weighted by atomic mass is 16.5. The second-order valence-corrected chi connectivity index (χ2v) is 6.52. The Morgan fingerprint density at radius 1 is 1.00 bits per heavy atom. The minimum atomic E-state index is -0.328. The van der Waals surface area contributed by atoms with Crippen LogP contribution >= 0.6 is 0 Å². The molecular formula is C22H24N4O5. The number of methoxy groups -OCH3 is 3. The Morgan fingerprint density at radius 2 is 1.81 bits per heavy atom. The summed E-state index contributed by atoms with van der Waals surface area (Å²) in [5.41, 5.74) is 1.78. The maximum Gasteiger partial charge on any atom is 0.255 e. The van der Waals surface area contributed by atoms with Gasteiger partial charge in [0.1, 0.15) is 6.54 Å². The van der Waals surface area contributed by atoms with Crippen LogP contribution in [-0.2, 0) is 17.9 Å². The molecule has 0 aliphatic rings. The molecule has 0 bridgehead atoms. The molecule has 0 unspecified atom stereocenters. The summed E-state index contributed by atoms with van der Waals surface area (Å²) in [6, 6.07) is 12.3. The lowest BCUT2D eigenvalue weighted by Crippen LogP contribution is -2.24. The topological polar surface area (TPSA) is 104 Å². The van der Waals surface area contributed by atoms with Gasteiger partial charge >= 0.3 is 0 Å². The fourth-order valence-corrected chi connectivity index (χ4v) is 3.06. The fraction of sp³-hybridized carbons (Fsp3) is 0.227. The predicted molar refractivity (Wildman–Crippen MR) is 115 cm³/mol. The molecule has 0 radical (unpaired) electrons. The van der Waals surface area contributed by atoms with Crippen LogP contribution in [0, 0.1) is 0 Å². The standard InChI is InChI=1S/C22H24N4O5/c1-29-18-9-8-17(20(30-2)21(18)31-3)22(28)23-13-15-6-4-7-16(12-15)25-19(27)14-26-11-5-10-24-26/h4-12H,13-14H2,1-3H3,(H,23,28)(H,25,27). The van der Waals surface area contributed by atoms with Crippen LogP contribution in [0.1, 0.15) is 15.9 Å². The van der Waals surface area contributed by atoms with E-state index in [-0.39, 0.29) is 24.9 Å². The molecule has 3 rings (SSSR count). The van der Waals surface area contributed by atoms with Gasteiger partial charge in [-0.3, -0.25) is 14.3 Å². The lowest BCUT2D eigenvalue weighted by molar-refractivity contribution is -0.116. The third-order valence-electron chi connectivity index (χ3n) is 4.48. The number of nitrogens with one attached hydrogen (secondary N) is 2. The van der Waals surface area contributed by atoms with Crippen molar-refractivity contribution in [3.8, 4) is 17.2 Å². The number of carbonyl (C=O) groups excluding carboxylic acids is 2. The normalized spacial score (nSPS) is 10.3. The summed E-state index contributed by atoms with van der Waals surface area (Å²) in [7, 11) is 4.45. The zero-order chi connectivity index (χ0) is 22.2. The summed E-state index contributed by atoms with van der Waals surface area (Å²) in [5, 5.41) is 9.69. The summed E-state index contributed by atoms with van der Waals surface area (Å²) in [5.74, 6) is 0.582. The van der Waals surface area contributed by atoms with Gasteiger partial charge < -0.3 is 24.8 Å². The Hall–Kier alpha value is -4.01. The van der Waals surface area contributed by atoms with Crippen molar-refractivity contribution in [1.29, 1.82) is 0 Å². The van der Waals surface area contributed by atoms with Gasteiger partial charge in [-0.15, -0.1) is 0 Å². The molecule has 0 saturated carbocycles. The lowest BCUT2D eigenvalue weighted by Gasteiger charge is -2.15. The molecule has 9 nitrogen and oxygen atoms in total. The van der Waals surface area contributed by atoms with E-state index in [0.717, 1.165) is 5.56 Å². The summed E-state index contributed by atoms with van der Waals surface area (Å²) in [6.45, 7) is 0.381. The van der Waals surface area contributed by atoms with Crippen molar-refractivity contribution in [2.45, 2.75) is 13.1 Å². The number of anilines is 1. The molecule has 31 heavy (non-hydrogen) atoms. The predicted octanol–water partition coefficient (Wildman–Crippen LogP) is 2.48. The van der Waals surface area contributed by atoms with E-state index in [1.807, 2.05) is 12.1 Å².